The number of amides is 1. The zero-order chi connectivity index (χ0) is 21.2. The topological polar surface area (TPSA) is 90.9 Å². The zero-order valence-corrected chi connectivity index (χ0v) is 17.5. The molecule has 2 rings (SSSR count). The number of fused-ring (bicyclic) bond motifs is 1. The maximum Gasteiger partial charge on any atom is 0.306 e. The fraction of sp³-hybridized carbons (Fsp3) is 0.591. The summed E-state index contributed by atoms with van der Waals surface area (Å²) in [6.07, 6.45) is 2.98. The van der Waals surface area contributed by atoms with Crippen LogP contribution >= 0.6 is 0 Å². The Bertz CT molecular complexity index is 715. The summed E-state index contributed by atoms with van der Waals surface area (Å²) in [4.78, 5) is 36.0. The van der Waals surface area contributed by atoms with E-state index in [4.69, 9.17) is 14.2 Å². The average molecular weight is 405 g/mol. The van der Waals surface area contributed by atoms with Crippen molar-refractivity contribution in [2.45, 2.75) is 58.9 Å². The normalized spacial score (nSPS) is 13.7. The third kappa shape index (κ3) is 8.13. The number of hydrogen-bond donors (Lipinski definition) is 1. The summed E-state index contributed by atoms with van der Waals surface area (Å²) >= 11 is 0. The maximum atomic E-state index is 12.3. The molecule has 0 bridgehead atoms. The van der Waals surface area contributed by atoms with Crippen LogP contribution in [0.4, 0.5) is 0 Å². The maximum absolute atomic E-state index is 12.3. The number of nitrogens with one attached hydrogen (secondary N) is 1. The second-order valence-corrected chi connectivity index (χ2v) is 7.74. The van der Waals surface area contributed by atoms with Gasteiger partial charge in [-0.15, -0.1) is 0 Å². The molecule has 1 aromatic carbocycles. The summed E-state index contributed by atoms with van der Waals surface area (Å²) in [5, 5.41) is 2.82. The minimum Gasteiger partial charge on any atom is -0.486 e. The Balaban J connectivity index is 1.66. The van der Waals surface area contributed by atoms with Gasteiger partial charge in [0.15, 0.2) is 23.9 Å². The predicted octanol–water partition coefficient (Wildman–Crippen LogP) is 3.29. The Morgan fingerprint density at radius 1 is 1.03 bits per heavy atom. The van der Waals surface area contributed by atoms with E-state index in [-0.39, 0.29) is 37.2 Å². The first-order valence-electron chi connectivity index (χ1n) is 10.2. The number of carbonyl (C=O) groups is 3. The minimum absolute atomic E-state index is 0.00566. The van der Waals surface area contributed by atoms with Crippen molar-refractivity contribution in [3.8, 4) is 11.5 Å². The Hall–Kier alpha value is -2.57. The van der Waals surface area contributed by atoms with Gasteiger partial charge in [0.05, 0.1) is 6.42 Å². The molecule has 0 fully saturated rings. The third-order valence-corrected chi connectivity index (χ3v) is 4.61. The Kier molecular flexibility index (Phi) is 8.96. The lowest BCUT2D eigenvalue weighted by Gasteiger charge is -2.18. The number of carbonyl (C=O) groups excluding carboxylic acids is 3. The molecule has 1 aliphatic heterocycles. The molecule has 0 aliphatic carbocycles. The number of ether oxygens (including phenoxy) is 3. The second-order valence-electron chi connectivity index (χ2n) is 7.74. The predicted molar refractivity (Wildman–Crippen MR) is 108 cm³/mol. The number of rotatable bonds is 11. The van der Waals surface area contributed by atoms with Gasteiger partial charge in [-0.05, 0) is 37.5 Å². The Labute approximate surface area is 172 Å². The largest absolute Gasteiger partial charge is 0.486 e. The van der Waals surface area contributed by atoms with Crippen LogP contribution in [0.5, 0.6) is 11.5 Å². The van der Waals surface area contributed by atoms with Crippen LogP contribution in [0, 0.1) is 5.92 Å². The molecule has 0 radical (unpaired) electrons. The zero-order valence-electron chi connectivity index (χ0n) is 17.5. The van der Waals surface area contributed by atoms with E-state index in [0.29, 0.717) is 36.2 Å². The van der Waals surface area contributed by atoms with Crippen molar-refractivity contribution >= 4 is 17.7 Å². The van der Waals surface area contributed by atoms with E-state index in [1.54, 1.807) is 18.2 Å². The fourth-order valence-electron chi connectivity index (χ4n) is 3.02. The highest BCUT2D eigenvalue weighted by atomic mass is 16.6. The van der Waals surface area contributed by atoms with Gasteiger partial charge in [-0.2, -0.15) is 0 Å². The van der Waals surface area contributed by atoms with Gasteiger partial charge in [0.1, 0.15) is 13.2 Å². The van der Waals surface area contributed by atoms with E-state index in [1.165, 1.54) is 0 Å². The molecule has 1 amide bonds. The molecule has 160 valence electrons. The van der Waals surface area contributed by atoms with E-state index >= 15 is 0 Å². The van der Waals surface area contributed by atoms with Gasteiger partial charge < -0.3 is 19.5 Å². The molecule has 0 saturated heterocycles. The van der Waals surface area contributed by atoms with E-state index < -0.39 is 5.97 Å². The highest BCUT2D eigenvalue weighted by molar-refractivity contribution is 5.98. The van der Waals surface area contributed by atoms with Crippen LogP contribution in [0.1, 0.15) is 63.2 Å². The molecule has 1 unspecified atom stereocenters. The molecule has 7 nitrogen and oxygen atoms in total. The van der Waals surface area contributed by atoms with Gasteiger partial charge in [0.2, 0.25) is 0 Å². The summed E-state index contributed by atoms with van der Waals surface area (Å²) in [5.41, 5.74) is 0.454. The lowest BCUT2D eigenvalue weighted by Crippen LogP contribution is -2.35. The van der Waals surface area contributed by atoms with E-state index in [0.717, 1.165) is 19.3 Å². The minimum atomic E-state index is -0.571. The Morgan fingerprint density at radius 2 is 1.76 bits per heavy atom. The van der Waals surface area contributed by atoms with Gasteiger partial charge in [-0.1, -0.05) is 26.7 Å². The average Bonchev–Trinajstić information content (AvgIpc) is 2.69. The van der Waals surface area contributed by atoms with Crippen molar-refractivity contribution in [3.05, 3.63) is 23.8 Å². The molecule has 7 heteroatoms. The molecule has 0 saturated carbocycles. The summed E-state index contributed by atoms with van der Waals surface area (Å²) in [6, 6.07) is 5.00. The van der Waals surface area contributed by atoms with Crippen LogP contribution in [0.25, 0.3) is 0 Å². The van der Waals surface area contributed by atoms with Crippen LogP contribution in [-0.4, -0.2) is 43.5 Å². The van der Waals surface area contributed by atoms with Crippen LogP contribution in [0.3, 0.4) is 0 Å². The van der Waals surface area contributed by atoms with Crippen LogP contribution in [0.2, 0.25) is 0 Å². The summed E-state index contributed by atoms with van der Waals surface area (Å²) in [5.74, 6) is 0.693. The monoisotopic (exact) mass is 405 g/mol. The standard InChI is InChI=1S/C22H31NO6/c1-15(2)5-4-6-16(3)23-21(25)14-29-22(26)10-8-18(24)17-7-9-19-20(13-17)28-12-11-27-19/h7,9,13,15-16H,4-6,8,10-12,14H2,1-3H3,(H,23,25). The first kappa shape index (κ1) is 22.7. The summed E-state index contributed by atoms with van der Waals surface area (Å²) in [6.45, 7) is 6.87. The van der Waals surface area contributed by atoms with Gasteiger partial charge in [0, 0.05) is 18.0 Å². The molecule has 0 aromatic heterocycles. The Morgan fingerprint density at radius 3 is 2.48 bits per heavy atom. The van der Waals surface area contributed by atoms with Crippen molar-refractivity contribution in [3.63, 3.8) is 0 Å². The van der Waals surface area contributed by atoms with E-state index in [2.05, 4.69) is 19.2 Å². The lowest BCUT2D eigenvalue weighted by atomic mass is 10.0. The highest BCUT2D eigenvalue weighted by Crippen LogP contribution is 2.31. The van der Waals surface area contributed by atoms with Crippen molar-refractivity contribution < 1.29 is 28.6 Å². The molecule has 1 aliphatic rings. The van der Waals surface area contributed by atoms with E-state index in [1.807, 2.05) is 6.92 Å². The smallest absolute Gasteiger partial charge is 0.306 e. The second kappa shape index (κ2) is 11.4. The molecule has 1 N–H and O–H groups in total. The first-order chi connectivity index (χ1) is 13.8. The lowest BCUT2D eigenvalue weighted by molar-refractivity contribution is -0.148. The van der Waals surface area contributed by atoms with Gasteiger partial charge in [-0.25, -0.2) is 0 Å². The molecule has 1 aromatic rings. The van der Waals surface area contributed by atoms with Crippen LogP contribution in [-0.2, 0) is 14.3 Å². The molecule has 0 spiro atoms. The summed E-state index contributed by atoms with van der Waals surface area (Å²) < 4.78 is 15.9. The molecule has 1 atom stereocenters. The fourth-order valence-corrected chi connectivity index (χ4v) is 3.02. The summed E-state index contributed by atoms with van der Waals surface area (Å²) in [7, 11) is 0. The molecule has 29 heavy (non-hydrogen) atoms. The third-order valence-electron chi connectivity index (χ3n) is 4.61. The quantitative estimate of drug-likeness (QED) is 0.449. The first-order valence-corrected chi connectivity index (χ1v) is 10.2. The SMILES string of the molecule is CC(C)CCCC(C)NC(=O)COC(=O)CCC(=O)c1ccc2c(c1)OCCO2. The number of benzene rings is 1. The van der Waals surface area contributed by atoms with Crippen molar-refractivity contribution in [2.24, 2.45) is 5.92 Å². The molecular weight excluding hydrogens is 374 g/mol. The van der Waals surface area contributed by atoms with Gasteiger partial charge in [0.25, 0.3) is 5.91 Å². The molecular formula is C22H31NO6. The molecule has 1 heterocycles. The highest BCUT2D eigenvalue weighted by Gasteiger charge is 2.17. The van der Waals surface area contributed by atoms with Crippen molar-refractivity contribution in [1.29, 1.82) is 0 Å². The van der Waals surface area contributed by atoms with Gasteiger partial charge in [-0.3, -0.25) is 14.4 Å². The van der Waals surface area contributed by atoms with E-state index in [9.17, 15) is 14.4 Å². The van der Waals surface area contributed by atoms with Gasteiger partial charge >= 0.3 is 5.97 Å². The number of hydrogen-bond acceptors (Lipinski definition) is 6. The van der Waals surface area contributed by atoms with Crippen molar-refractivity contribution in [1.82, 2.24) is 5.32 Å². The van der Waals surface area contributed by atoms with Crippen molar-refractivity contribution in [2.75, 3.05) is 19.8 Å². The number of Topliss-reactive ketones (excluding diaryl/α,β-unsaturated/α-hetero) is 1. The number of esters is 1. The number of ketones is 1. The van der Waals surface area contributed by atoms with Crippen LogP contribution in [0.15, 0.2) is 18.2 Å². The van der Waals surface area contributed by atoms with Crippen LogP contribution < -0.4 is 14.8 Å².